The van der Waals surface area contributed by atoms with Gasteiger partial charge < -0.3 is 28.1 Å². The van der Waals surface area contributed by atoms with Crippen LogP contribution >= 0.6 is 11.8 Å². The van der Waals surface area contributed by atoms with E-state index in [1.54, 1.807) is 7.11 Å². The fourth-order valence-electron chi connectivity index (χ4n) is 12.1. The molecular formula is C62H80O6SSi2. The maximum absolute atomic E-state index is 7.90. The number of hydrogen-bond acceptors (Lipinski definition) is 7. The molecule has 4 aliphatic rings. The van der Waals surface area contributed by atoms with Crippen LogP contribution in [0, 0.1) is 11.8 Å². The van der Waals surface area contributed by atoms with E-state index in [9.17, 15) is 0 Å². The summed E-state index contributed by atoms with van der Waals surface area (Å²) in [7, 11) is 0.939. The molecule has 3 atom stereocenters. The minimum absolute atomic E-state index is 0.103. The SMILES string of the molecule is CCCC[Si](C)(C)C(C)O[Si]C(C)CCCOCCOc1ccc(C2(c3ccc(OC)cc3)C=Cc3c4c(c5cc6c(cc5c3O2)SC(C(C)C)(C(C)C)O6)-c2ccccc2C42CCCCCCC2)cc1. The minimum atomic E-state index is -1.34. The lowest BCUT2D eigenvalue weighted by Gasteiger charge is -2.40. The highest BCUT2D eigenvalue weighted by atomic mass is 32.2. The van der Waals surface area contributed by atoms with E-state index >= 15 is 0 Å². The van der Waals surface area contributed by atoms with Gasteiger partial charge in [-0.15, -0.1) is 0 Å². The van der Waals surface area contributed by atoms with Crippen LogP contribution in [0.5, 0.6) is 23.0 Å². The Labute approximate surface area is 434 Å². The van der Waals surface area contributed by atoms with Gasteiger partial charge in [0.1, 0.15) is 29.6 Å². The van der Waals surface area contributed by atoms with E-state index in [0.29, 0.717) is 46.1 Å². The van der Waals surface area contributed by atoms with E-state index in [4.69, 9.17) is 28.1 Å². The molecule has 2 aliphatic heterocycles. The monoisotopic (exact) mass is 1010 g/mol. The van der Waals surface area contributed by atoms with Gasteiger partial charge in [-0.2, -0.15) is 0 Å². The first-order valence-corrected chi connectivity index (χ1v) is 32.3. The molecule has 0 aromatic heterocycles. The number of benzene rings is 5. The fraction of sp³-hybridized carbons (Fsp3) is 0.516. The molecule has 2 heterocycles. The highest BCUT2D eigenvalue weighted by Gasteiger charge is 2.50. The van der Waals surface area contributed by atoms with Gasteiger partial charge in [0.25, 0.3) is 0 Å². The van der Waals surface area contributed by atoms with Crippen LogP contribution in [-0.4, -0.2) is 55.4 Å². The first-order chi connectivity index (χ1) is 34.3. The van der Waals surface area contributed by atoms with E-state index in [1.807, 2.05) is 23.9 Å². The highest BCUT2D eigenvalue weighted by molar-refractivity contribution is 8.01. The van der Waals surface area contributed by atoms with E-state index in [1.165, 1.54) is 89.1 Å². The summed E-state index contributed by atoms with van der Waals surface area (Å²) in [5.74, 6) is 4.19. The largest absolute Gasteiger partial charge is 0.497 e. The number of thioether (sulfide) groups is 1. The summed E-state index contributed by atoms with van der Waals surface area (Å²) >= 11 is 1.89. The van der Waals surface area contributed by atoms with Gasteiger partial charge >= 0.3 is 0 Å². The summed E-state index contributed by atoms with van der Waals surface area (Å²) in [6.07, 6.45) is 18.0. The second-order valence-electron chi connectivity index (χ2n) is 22.4. The van der Waals surface area contributed by atoms with Crippen molar-refractivity contribution in [2.24, 2.45) is 11.8 Å². The van der Waals surface area contributed by atoms with Crippen LogP contribution in [-0.2, 0) is 20.2 Å². The molecule has 6 nitrogen and oxygen atoms in total. The molecular weight excluding hydrogens is 929 g/mol. The molecule has 9 rings (SSSR count). The zero-order valence-corrected chi connectivity index (χ0v) is 47.3. The Bertz CT molecular complexity index is 2640. The number of fused-ring (bicyclic) bond motifs is 11. The van der Waals surface area contributed by atoms with Gasteiger partial charge in [-0.25, -0.2) is 0 Å². The van der Waals surface area contributed by atoms with E-state index in [0.717, 1.165) is 71.8 Å². The topological polar surface area (TPSA) is 55.4 Å². The minimum Gasteiger partial charge on any atom is -0.497 e. The Morgan fingerprint density at radius 1 is 0.746 bits per heavy atom. The van der Waals surface area contributed by atoms with Crippen molar-refractivity contribution in [3.63, 3.8) is 0 Å². The molecule has 378 valence electrons. The second-order valence-corrected chi connectivity index (χ2v) is 30.4. The smallest absolute Gasteiger partial charge is 0.232 e. The van der Waals surface area contributed by atoms with Gasteiger partial charge in [0.2, 0.25) is 9.76 Å². The van der Waals surface area contributed by atoms with Crippen molar-refractivity contribution in [2.45, 2.75) is 170 Å². The third-order valence-corrected chi connectivity index (χ3v) is 23.9. The standard InChI is InChI=1S/C62H80O6SSi2/c1-11-12-39-71(9,10)45(7)68-70-44(6)21-20-36-64-37-38-65-49-30-26-47(27-31-49)61(46-24-28-48(63-8)29-25-46)35-32-51-58-57(50-22-16-17-23-54(50)60(58)33-18-14-13-15-19-34-60)52-40-55-56(41-53(52)59(51)67-61)69-62(66-55,42(2)3)43(4)5/h16-17,22-32,35,40-45H,11-15,18-21,33-34,36-39H2,1-10H3. The van der Waals surface area contributed by atoms with Crippen LogP contribution in [0.25, 0.3) is 28.0 Å². The molecule has 0 bridgehead atoms. The van der Waals surface area contributed by atoms with Crippen molar-refractivity contribution < 1.29 is 28.1 Å². The molecule has 1 fully saturated rings. The predicted octanol–water partition coefficient (Wildman–Crippen LogP) is 16.8. The summed E-state index contributed by atoms with van der Waals surface area (Å²) in [5.41, 5.74) is 8.85. The Hall–Kier alpha value is -4.00. The zero-order valence-electron chi connectivity index (χ0n) is 44.5. The van der Waals surface area contributed by atoms with Gasteiger partial charge in [-0.05, 0) is 108 Å². The van der Waals surface area contributed by atoms with Crippen LogP contribution in [0.1, 0.15) is 147 Å². The molecule has 3 unspecified atom stereocenters. The summed E-state index contributed by atoms with van der Waals surface area (Å²) in [6.45, 7) is 22.8. The maximum Gasteiger partial charge on any atom is 0.232 e. The normalized spacial score (nSPS) is 19.6. The quantitative estimate of drug-likeness (QED) is 0.0569. The summed E-state index contributed by atoms with van der Waals surface area (Å²) in [5, 5.41) is 2.35. The van der Waals surface area contributed by atoms with Crippen LogP contribution in [0.15, 0.2) is 95.9 Å². The molecule has 5 aromatic rings. The maximum atomic E-state index is 7.90. The molecule has 71 heavy (non-hydrogen) atoms. The van der Waals surface area contributed by atoms with Crippen molar-refractivity contribution in [1.29, 1.82) is 0 Å². The number of ether oxygens (including phenoxy) is 5. The van der Waals surface area contributed by atoms with Crippen molar-refractivity contribution >= 4 is 46.4 Å². The third-order valence-electron chi connectivity index (χ3n) is 16.6. The van der Waals surface area contributed by atoms with Gasteiger partial charge in [-0.1, -0.05) is 172 Å². The zero-order chi connectivity index (χ0) is 50.0. The molecule has 9 heteroatoms. The third kappa shape index (κ3) is 10.1. The van der Waals surface area contributed by atoms with Crippen molar-refractivity contribution in [3.8, 4) is 34.1 Å². The van der Waals surface area contributed by atoms with Crippen molar-refractivity contribution in [3.05, 3.63) is 119 Å². The van der Waals surface area contributed by atoms with E-state index < -0.39 is 13.7 Å². The van der Waals surface area contributed by atoms with Gasteiger partial charge in [0.05, 0.1) is 26.7 Å². The number of methoxy groups -OCH3 is 1. The number of unbranched alkanes of at least 4 members (excludes halogenated alkanes) is 1. The Morgan fingerprint density at radius 3 is 2.10 bits per heavy atom. The predicted molar refractivity (Wildman–Crippen MR) is 300 cm³/mol. The van der Waals surface area contributed by atoms with Crippen LogP contribution in [0.4, 0.5) is 0 Å². The molecule has 0 amide bonds. The Kier molecular flexibility index (Phi) is 16.0. The molecule has 5 aromatic carbocycles. The lowest BCUT2D eigenvalue weighted by atomic mass is 9.67. The van der Waals surface area contributed by atoms with Crippen LogP contribution in [0.2, 0.25) is 24.7 Å². The van der Waals surface area contributed by atoms with Gasteiger partial charge in [-0.3, -0.25) is 0 Å². The highest BCUT2D eigenvalue weighted by Crippen LogP contribution is 2.64. The average molecular weight is 1010 g/mol. The lowest BCUT2D eigenvalue weighted by Crippen LogP contribution is -2.42. The average Bonchev–Trinajstić information content (AvgIpc) is 3.90. The van der Waals surface area contributed by atoms with Gasteiger partial charge in [0, 0.05) is 51.7 Å². The molecule has 2 aliphatic carbocycles. The first kappa shape index (κ1) is 51.9. The Balaban J connectivity index is 1.01. The molecule has 0 saturated heterocycles. The Morgan fingerprint density at radius 2 is 1.42 bits per heavy atom. The van der Waals surface area contributed by atoms with Crippen LogP contribution < -0.4 is 18.9 Å². The van der Waals surface area contributed by atoms with Crippen molar-refractivity contribution in [1.82, 2.24) is 0 Å². The van der Waals surface area contributed by atoms with Crippen LogP contribution in [0.3, 0.4) is 0 Å². The molecule has 1 saturated carbocycles. The van der Waals surface area contributed by atoms with E-state index in [2.05, 4.69) is 147 Å². The lowest BCUT2D eigenvalue weighted by molar-refractivity contribution is 0.0757. The van der Waals surface area contributed by atoms with E-state index in [-0.39, 0.29) is 10.3 Å². The summed E-state index contributed by atoms with van der Waals surface area (Å²) in [4.78, 5) is 0.825. The second kappa shape index (κ2) is 21.8. The number of hydrogen-bond donors (Lipinski definition) is 0. The first-order valence-electron chi connectivity index (χ1n) is 27.2. The van der Waals surface area contributed by atoms with Crippen molar-refractivity contribution in [2.75, 3.05) is 26.9 Å². The fourth-order valence-corrected chi connectivity index (χ4v) is 17.3. The number of rotatable bonds is 20. The molecule has 2 radical (unpaired) electrons. The molecule has 1 spiro atoms. The molecule has 0 N–H and O–H groups in total. The summed E-state index contributed by atoms with van der Waals surface area (Å²) in [6, 6.07) is 32.4. The van der Waals surface area contributed by atoms with Gasteiger partial charge in [0.15, 0.2) is 10.5 Å². The summed E-state index contributed by atoms with van der Waals surface area (Å²) < 4.78 is 39.6.